The fourth-order valence-electron chi connectivity index (χ4n) is 1.25. The standard InChI is InChI=1S/C8H14N4O3/c1-8(9,5-13)3-6-7(12(14)15)4-10-11(6)2/h4,13H,3,5,9H2,1-2H3. The Morgan fingerprint density at radius 2 is 2.40 bits per heavy atom. The first-order valence-corrected chi connectivity index (χ1v) is 4.42. The molecule has 0 radical (unpaired) electrons. The predicted molar refractivity (Wildman–Crippen MR) is 53.2 cm³/mol. The van der Waals surface area contributed by atoms with E-state index in [1.807, 2.05) is 0 Å². The number of nitrogens with two attached hydrogens (primary N) is 1. The van der Waals surface area contributed by atoms with Crippen LogP contribution in [0.25, 0.3) is 0 Å². The molecule has 1 unspecified atom stereocenters. The molecule has 0 saturated heterocycles. The van der Waals surface area contributed by atoms with Gasteiger partial charge in [-0.25, -0.2) is 0 Å². The van der Waals surface area contributed by atoms with E-state index in [-0.39, 0.29) is 18.7 Å². The molecule has 0 amide bonds. The Hall–Kier alpha value is -1.47. The molecule has 15 heavy (non-hydrogen) atoms. The SMILES string of the molecule is Cn1ncc([N+](=O)[O-])c1CC(C)(N)CO. The second-order valence-electron chi connectivity index (χ2n) is 3.85. The third-order valence-electron chi connectivity index (χ3n) is 2.17. The molecule has 3 N–H and O–H groups in total. The minimum Gasteiger partial charge on any atom is -0.394 e. The van der Waals surface area contributed by atoms with Crippen molar-refractivity contribution in [1.82, 2.24) is 9.78 Å². The Kier molecular flexibility index (Phi) is 3.06. The van der Waals surface area contributed by atoms with Crippen LogP contribution in [-0.2, 0) is 13.5 Å². The molecular weight excluding hydrogens is 200 g/mol. The van der Waals surface area contributed by atoms with E-state index in [2.05, 4.69) is 5.10 Å². The van der Waals surface area contributed by atoms with Gasteiger partial charge in [0.15, 0.2) is 0 Å². The number of aliphatic hydroxyl groups excluding tert-OH is 1. The highest BCUT2D eigenvalue weighted by molar-refractivity contribution is 5.34. The van der Waals surface area contributed by atoms with Crippen LogP contribution in [0.1, 0.15) is 12.6 Å². The summed E-state index contributed by atoms with van der Waals surface area (Å²) in [6.45, 7) is 1.39. The Balaban J connectivity index is 3.03. The smallest absolute Gasteiger partial charge is 0.310 e. The number of hydrogen-bond donors (Lipinski definition) is 2. The van der Waals surface area contributed by atoms with E-state index in [0.717, 1.165) is 0 Å². The van der Waals surface area contributed by atoms with E-state index < -0.39 is 10.5 Å². The maximum Gasteiger partial charge on any atom is 0.310 e. The third-order valence-corrected chi connectivity index (χ3v) is 2.17. The quantitative estimate of drug-likeness (QED) is 0.523. The highest BCUT2D eigenvalue weighted by atomic mass is 16.6. The number of nitro groups is 1. The minimum absolute atomic E-state index is 0.0670. The number of aliphatic hydroxyl groups is 1. The number of aryl methyl sites for hydroxylation is 1. The molecular formula is C8H14N4O3. The molecule has 1 atom stereocenters. The summed E-state index contributed by atoms with van der Waals surface area (Å²) in [5.74, 6) is 0. The molecule has 1 rings (SSSR count). The molecule has 0 spiro atoms. The zero-order valence-corrected chi connectivity index (χ0v) is 8.67. The summed E-state index contributed by atoms with van der Waals surface area (Å²) < 4.78 is 1.40. The Labute approximate surface area is 86.7 Å². The van der Waals surface area contributed by atoms with Gasteiger partial charge in [-0.2, -0.15) is 5.10 Å². The zero-order chi connectivity index (χ0) is 11.6. The third kappa shape index (κ3) is 2.51. The average Bonchev–Trinajstić information content (AvgIpc) is 2.48. The van der Waals surface area contributed by atoms with E-state index in [1.54, 1.807) is 14.0 Å². The number of rotatable bonds is 4. The molecule has 0 aliphatic carbocycles. The highest BCUT2D eigenvalue weighted by Crippen LogP contribution is 2.20. The van der Waals surface area contributed by atoms with Crippen molar-refractivity contribution in [3.63, 3.8) is 0 Å². The van der Waals surface area contributed by atoms with Gasteiger partial charge in [-0.15, -0.1) is 0 Å². The van der Waals surface area contributed by atoms with Crippen molar-refractivity contribution in [3.05, 3.63) is 22.0 Å². The molecule has 0 fully saturated rings. The molecule has 0 aliphatic rings. The monoisotopic (exact) mass is 214 g/mol. The first-order valence-electron chi connectivity index (χ1n) is 4.42. The van der Waals surface area contributed by atoms with E-state index in [9.17, 15) is 10.1 Å². The van der Waals surface area contributed by atoms with Gasteiger partial charge < -0.3 is 10.8 Å². The lowest BCUT2D eigenvalue weighted by atomic mass is 9.98. The molecule has 1 aromatic rings. The fourth-order valence-corrected chi connectivity index (χ4v) is 1.25. The first-order chi connectivity index (χ1) is 6.87. The normalized spacial score (nSPS) is 14.9. The first kappa shape index (κ1) is 11.6. The lowest BCUT2D eigenvalue weighted by Gasteiger charge is -2.20. The molecule has 7 heteroatoms. The van der Waals surface area contributed by atoms with Crippen molar-refractivity contribution in [3.8, 4) is 0 Å². The van der Waals surface area contributed by atoms with Gasteiger partial charge >= 0.3 is 5.69 Å². The van der Waals surface area contributed by atoms with Gasteiger partial charge in [0.05, 0.1) is 11.5 Å². The van der Waals surface area contributed by atoms with Crippen LogP contribution in [0, 0.1) is 10.1 Å². The van der Waals surface area contributed by atoms with E-state index in [1.165, 1.54) is 10.9 Å². The van der Waals surface area contributed by atoms with Crippen molar-refractivity contribution >= 4 is 5.69 Å². The lowest BCUT2D eigenvalue weighted by Crippen LogP contribution is -2.43. The van der Waals surface area contributed by atoms with E-state index >= 15 is 0 Å². The summed E-state index contributed by atoms with van der Waals surface area (Å²) in [4.78, 5) is 10.2. The zero-order valence-electron chi connectivity index (χ0n) is 8.67. The Bertz CT molecular complexity index is 372. The second kappa shape index (κ2) is 3.95. The van der Waals surface area contributed by atoms with Crippen molar-refractivity contribution in [1.29, 1.82) is 0 Å². The summed E-state index contributed by atoms with van der Waals surface area (Å²) in [7, 11) is 1.61. The lowest BCUT2D eigenvalue weighted by molar-refractivity contribution is -0.385. The molecule has 0 aromatic carbocycles. The maximum absolute atomic E-state index is 10.7. The number of hydrogen-bond acceptors (Lipinski definition) is 5. The molecule has 1 aromatic heterocycles. The Morgan fingerprint density at radius 3 is 2.87 bits per heavy atom. The summed E-state index contributed by atoms with van der Waals surface area (Å²) >= 11 is 0. The van der Waals surface area contributed by atoms with Crippen molar-refractivity contribution < 1.29 is 10.0 Å². The van der Waals surface area contributed by atoms with Gasteiger partial charge in [-0.05, 0) is 6.92 Å². The van der Waals surface area contributed by atoms with Crippen molar-refractivity contribution in [2.75, 3.05) is 6.61 Å². The number of aromatic nitrogens is 2. The van der Waals surface area contributed by atoms with E-state index in [0.29, 0.717) is 5.69 Å². The number of nitrogens with zero attached hydrogens (tertiary/aromatic N) is 3. The summed E-state index contributed by atoms with van der Waals surface area (Å²) in [6.07, 6.45) is 1.39. The summed E-state index contributed by atoms with van der Waals surface area (Å²) in [5.41, 5.74) is 5.20. The van der Waals surface area contributed by atoms with Gasteiger partial charge in [0.25, 0.3) is 0 Å². The van der Waals surface area contributed by atoms with Gasteiger partial charge in [0.1, 0.15) is 11.9 Å². The van der Waals surface area contributed by atoms with Gasteiger partial charge in [0.2, 0.25) is 0 Å². The van der Waals surface area contributed by atoms with Gasteiger partial charge in [-0.1, -0.05) is 0 Å². The van der Waals surface area contributed by atoms with Crippen molar-refractivity contribution in [2.24, 2.45) is 12.8 Å². The molecule has 0 saturated carbocycles. The average molecular weight is 214 g/mol. The highest BCUT2D eigenvalue weighted by Gasteiger charge is 2.26. The van der Waals surface area contributed by atoms with Gasteiger partial charge in [0, 0.05) is 19.0 Å². The van der Waals surface area contributed by atoms with Gasteiger partial charge in [-0.3, -0.25) is 14.8 Å². The van der Waals surface area contributed by atoms with Crippen LogP contribution in [0.15, 0.2) is 6.20 Å². The van der Waals surface area contributed by atoms with Crippen LogP contribution in [0.2, 0.25) is 0 Å². The fraction of sp³-hybridized carbons (Fsp3) is 0.625. The molecule has 1 heterocycles. The van der Waals surface area contributed by atoms with Crippen LogP contribution in [0.5, 0.6) is 0 Å². The van der Waals surface area contributed by atoms with Crippen LogP contribution < -0.4 is 5.73 Å². The van der Waals surface area contributed by atoms with E-state index in [4.69, 9.17) is 10.8 Å². The van der Waals surface area contributed by atoms with Crippen LogP contribution in [0.3, 0.4) is 0 Å². The molecule has 0 aliphatic heterocycles. The second-order valence-corrected chi connectivity index (χ2v) is 3.85. The van der Waals surface area contributed by atoms with Crippen LogP contribution in [0.4, 0.5) is 5.69 Å². The topological polar surface area (TPSA) is 107 Å². The summed E-state index contributed by atoms with van der Waals surface area (Å²) in [5, 5.41) is 23.4. The Morgan fingerprint density at radius 1 is 1.80 bits per heavy atom. The summed E-state index contributed by atoms with van der Waals surface area (Å²) in [6, 6.07) is 0. The molecule has 0 bridgehead atoms. The minimum atomic E-state index is -0.876. The van der Waals surface area contributed by atoms with Crippen molar-refractivity contribution in [2.45, 2.75) is 18.9 Å². The van der Waals surface area contributed by atoms with Crippen LogP contribution >= 0.6 is 0 Å². The molecule has 7 nitrogen and oxygen atoms in total. The van der Waals surface area contributed by atoms with Crippen LogP contribution in [-0.4, -0.2) is 32.0 Å². The predicted octanol–water partition coefficient (Wildman–Crippen LogP) is -0.419. The molecule has 84 valence electrons. The largest absolute Gasteiger partial charge is 0.394 e. The maximum atomic E-state index is 10.7.